The predicted octanol–water partition coefficient (Wildman–Crippen LogP) is 3.44. The summed E-state index contributed by atoms with van der Waals surface area (Å²) in [6.07, 6.45) is 1.53. The van der Waals surface area contributed by atoms with Crippen LogP contribution in [0.3, 0.4) is 0 Å². The van der Waals surface area contributed by atoms with E-state index in [0.717, 1.165) is 12.0 Å². The van der Waals surface area contributed by atoms with Crippen molar-refractivity contribution in [2.24, 2.45) is 0 Å². The van der Waals surface area contributed by atoms with Crippen LogP contribution in [0.5, 0.6) is 0 Å². The lowest BCUT2D eigenvalue weighted by Crippen LogP contribution is -2.37. The van der Waals surface area contributed by atoms with Crippen molar-refractivity contribution in [1.82, 2.24) is 4.90 Å². The number of anilines is 1. The highest BCUT2D eigenvalue weighted by Crippen LogP contribution is 2.26. The van der Waals surface area contributed by atoms with Crippen LogP contribution in [0.1, 0.15) is 63.8 Å². The number of esters is 1. The van der Waals surface area contributed by atoms with Crippen molar-refractivity contribution in [2.45, 2.75) is 39.7 Å². The minimum Gasteiger partial charge on any atom is -0.452 e. The summed E-state index contributed by atoms with van der Waals surface area (Å²) in [5.74, 6) is -2.00. The molecule has 0 radical (unpaired) electrons. The first-order valence-corrected chi connectivity index (χ1v) is 9.93. The lowest BCUT2D eigenvalue weighted by molar-refractivity contribution is -0.119. The van der Waals surface area contributed by atoms with Gasteiger partial charge in [0, 0.05) is 11.7 Å². The van der Waals surface area contributed by atoms with Crippen molar-refractivity contribution in [1.29, 1.82) is 0 Å². The highest BCUT2D eigenvalue weighted by atomic mass is 16.5. The second-order valence-corrected chi connectivity index (χ2v) is 7.17. The van der Waals surface area contributed by atoms with E-state index in [4.69, 9.17) is 4.74 Å². The summed E-state index contributed by atoms with van der Waals surface area (Å²) in [6, 6.07) is 11.4. The van der Waals surface area contributed by atoms with E-state index >= 15 is 0 Å². The predicted molar refractivity (Wildman–Crippen MR) is 111 cm³/mol. The standard InChI is InChI=1S/C23H24N2O5/c1-4-14(3)25-21(27)18-11-8-16(12-19(18)22(25)28)23(29)30-13-20(26)24-17-9-6-15(5-2)7-10-17/h6-12,14H,4-5,13H2,1-3H3,(H,24,26). The van der Waals surface area contributed by atoms with Crippen molar-refractivity contribution in [3.05, 3.63) is 64.7 Å². The average molecular weight is 408 g/mol. The van der Waals surface area contributed by atoms with Gasteiger partial charge < -0.3 is 10.1 Å². The van der Waals surface area contributed by atoms with E-state index in [-0.39, 0.29) is 28.6 Å². The molecule has 2 aromatic rings. The third-order valence-corrected chi connectivity index (χ3v) is 5.17. The highest BCUT2D eigenvalue weighted by Gasteiger charge is 2.38. The lowest BCUT2D eigenvalue weighted by Gasteiger charge is -2.20. The van der Waals surface area contributed by atoms with Crippen molar-refractivity contribution in [3.63, 3.8) is 0 Å². The summed E-state index contributed by atoms with van der Waals surface area (Å²) >= 11 is 0. The number of nitrogens with zero attached hydrogens (tertiary/aromatic N) is 1. The molecule has 2 aromatic carbocycles. The molecular formula is C23H24N2O5. The molecule has 0 aliphatic carbocycles. The van der Waals surface area contributed by atoms with Gasteiger partial charge in [0.1, 0.15) is 0 Å². The van der Waals surface area contributed by atoms with E-state index in [1.165, 1.54) is 23.1 Å². The van der Waals surface area contributed by atoms with Crippen LogP contribution in [0.4, 0.5) is 5.69 Å². The number of fused-ring (bicyclic) bond motifs is 1. The number of hydrogen-bond acceptors (Lipinski definition) is 5. The normalized spacial score (nSPS) is 13.8. The zero-order valence-electron chi connectivity index (χ0n) is 17.2. The number of benzene rings is 2. The van der Waals surface area contributed by atoms with E-state index in [0.29, 0.717) is 12.1 Å². The molecule has 0 bridgehead atoms. The first-order valence-electron chi connectivity index (χ1n) is 9.93. The number of carbonyl (C=O) groups is 4. The van der Waals surface area contributed by atoms with Gasteiger partial charge in [-0.15, -0.1) is 0 Å². The zero-order valence-corrected chi connectivity index (χ0v) is 17.2. The monoisotopic (exact) mass is 408 g/mol. The molecule has 0 aromatic heterocycles. The van der Waals surface area contributed by atoms with Crippen molar-refractivity contribution in [2.75, 3.05) is 11.9 Å². The molecule has 7 nitrogen and oxygen atoms in total. The molecule has 1 aliphatic rings. The second kappa shape index (κ2) is 8.90. The maximum absolute atomic E-state index is 12.6. The third kappa shape index (κ3) is 4.25. The summed E-state index contributed by atoms with van der Waals surface area (Å²) in [5.41, 5.74) is 2.32. The summed E-state index contributed by atoms with van der Waals surface area (Å²) in [5, 5.41) is 2.66. The Morgan fingerprint density at radius 2 is 1.67 bits per heavy atom. The van der Waals surface area contributed by atoms with Crippen LogP contribution in [0.15, 0.2) is 42.5 Å². The van der Waals surface area contributed by atoms with Gasteiger partial charge >= 0.3 is 5.97 Å². The van der Waals surface area contributed by atoms with E-state index in [9.17, 15) is 19.2 Å². The molecule has 7 heteroatoms. The number of nitrogens with one attached hydrogen (secondary N) is 1. The Morgan fingerprint density at radius 3 is 2.30 bits per heavy atom. The molecule has 30 heavy (non-hydrogen) atoms. The molecule has 0 fully saturated rings. The van der Waals surface area contributed by atoms with Gasteiger partial charge in [-0.05, 0) is 55.7 Å². The summed E-state index contributed by atoms with van der Waals surface area (Å²) in [4.78, 5) is 50.6. The van der Waals surface area contributed by atoms with E-state index in [1.807, 2.05) is 26.0 Å². The molecular weight excluding hydrogens is 384 g/mol. The molecule has 1 atom stereocenters. The zero-order chi connectivity index (χ0) is 21.8. The number of rotatable bonds is 7. The topological polar surface area (TPSA) is 92.8 Å². The van der Waals surface area contributed by atoms with E-state index in [1.54, 1.807) is 19.1 Å². The van der Waals surface area contributed by atoms with Gasteiger partial charge in [0.15, 0.2) is 6.61 Å². The smallest absolute Gasteiger partial charge is 0.338 e. The van der Waals surface area contributed by atoms with Crippen LogP contribution in [0, 0.1) is 0 Å². The Hall–Kier alpha value is -3.48. The molecule has 1 heterocycles. The fraction of sp³-hybridized carbons (Fsp3) is 0.304. The van der Waals surface area contributed by atoms with E-state index < -0.39 is 24.4 Å². The van der Waals surface area contributed by atoms with Crippen LogP contribution in [-0.2, 0) is 16.0 Å². The maximum Gasteiger partial charge on any atom is 0.338 e. The van der Waals surface area contributed by atoms with Gasteiger partial charge in [0.05, 0.1) is 16.7 Å². The number of amides is 3. The first-order chi connectivity index (χ1) is 14.3. The largest absolute Gasteiger partial charge is 0.452 e. The fourth-order valence-corrected chi connectivity index (χ4v) is 3.20. The third-order valence-electron chi connectivity index (χ3n) is 5.17. The van der Waals surface area contributed by atoms with Crippen LogP contribution in [0.2, 0.25) is 0 Å². The Kier molecular flexibility index (Phi) is 6.30. The van der Waals surface area contributed by atoms with Gasteiger partial charge in [-0.2, -0.15) is 0 Å². The average Bonchev–Trinajstić information content (AvgIpc) is 3.01. The minimum absolute atomic E-state index is 0.112. The van der Waals surface area contributed by atoms with Crippen LogP contribution in [-0.4, -0.2) is 41.2 Å². The number of hydrogen-bond donors (Lipinski definition) is 1. The Labute approximate surface area is 175 Å². The van der Waals surface area contributed by atoms with Crippen molar-refractivity contribution < 1.29 is 23.9 Å². The van der Waals surface area contributed by atoms with Crippen LogP contribution >= 0.6 is 0 Å². The Morgan fingerprint density at radius 1 is 1.00 bits per heavy atom. The van der Waals surface area contributed by atoms with Gasteiger partial charge in [-0.3, -0.25) is 19.3 Å². The van der Waals surface area contributed by atoms with Crippen molar-refractivity contribution >= 4 is 29.4 Å². The summed E-state index contributed by atoms with van der Waals surface area (Å²) < 4.78 is 5.06. The number of aryl methyl sites for hydroxylation is 1. The van der Waals surface area contributed by atoms with E-state index in [2.05, 4.69) is 5.32 Å². The Balaban J connectivity index is 1.63. The van der Waals surface area contributed by atoms with Gasteiger partial charge in [-0.25, -0.2) is 4.79 Å². The molecule has 1 aliphatic heterocycles. The minimum atomic E-state index is -0.739. The fourth-order valence-electron chi connectivity index (χ4n) is 3.20. The summed E-state index contributed by atoms with van der Waals surface area (Å²) in [7, 11) is 0. The molecule has 1 N–H and O–H groups in total. The van der Waals surface area contributed by atoms with Gasteiger partial charge in [-0.1, -0.05) is 26.0 Å². The first kappa shape index (κ1) is 21.2. The summed E-state index contributed by atoms with van der Waals surface area (Å²) in [6.45, 7) is 5.26. The van der Waals surface area contributed by atoms with Gasteiger partial charge in [0.25, 0.3) is 17.7 Å². The van der Waals surface area contributed by atoms with Crippen molar-refractivity contribution in [3.8, 4) is 0 Å². The lowest BCUT2D eigenvalue weighted by atomic mass is 10.1. The molecule has 0 saturated heterocycles. The van der Waals surface area contributed by atoms with Crippen LogP contribution < -0.4 is 5.32 Å². The molecule has 0 saturated carbocycles. The molecule has 1 unspecified atom stereocenters. The molecule has 3 rings (SSSR count). The number of ether oxygens (including phenoxy) is 1. The SMILES string of the molecule is CCc1ccc(NC(=O)COC(=O)c2ccc3c(c2)C(=O)N(C(C)CC)C3=O)cc1. The molecule has 156 valence electrons. The second-order valence-electron chi connectivity index (χ2n) is 7.17. The number of carbonyl (C=O) groups excluding carboxylic acids is 4. The van der Waals surface area contributed by atoms with Crippen LogP contribution in [0.25, 0.3) is 0 Å². The quantitative estimate of drug-likeness (QED) is 0.560. The highest BCUT2D eigenvalue weighted by molar-refractivity contribution is 6.22. The number of imide groups is 1. The van der Waals surface area contributed by atoms with Gasteiger partial charge in [0.2, 0.25) is 0 Å². The molecule has 0 spiro atoms. The molecule has 3 amide bonds. The maximum atomic E-state index is 12.6. The Bertz CT molecular complexity index is 997.